The van der Waals surface area contributed by atoms with Gasteiger partial charge in [0.2, 0.25) is 5.91 Å². The Labute approximate surface area is 143 Å². The first-order valence-corrected chi connectivity index (χ1v) is 7.95. The smallest absolute Gasteiger partial charge is 0.255 e. The predicted molar refractivity (Wildman–Crippen MR) is 90.4 cm³/mol. The molecule has 0 aromatic carbocycles. The maximum atomic E-state index is 12.3. The fourth-order valence-electron chi connectivity index (χ4n) is 2.95. The standard InChI is InChI=1S/C16H25N3O3.ClH/c1-11(18-16(21)13-7-8-22-10-13)15(20)19-14(9-17)12-5-3-2-4-6-12;/h7-8,10-12,14H,2-6,9,17H2,1H3,(H,18,21)(H,19,20);1H. The van der Waals surface area contributed by atoms with Crippen LogP contribution in [0.2, 0.25) is 0 Å². The third-order valence-electron chi connectivity index (χ3n) is 4.32. The third-order valence-corrected chi connectivity index (χ3v) is 4.32. The summed E-state index contributed by atoms with van der Waals surface area (Å²) in [5.74, 6) is -0.0734. The molecule has 2 amide bonds. The van der Waals surface area contributed by atoms with Gasteiger partial charge >= 0.3 is 0 Å². The maximum Gasteiger partial charge on any atom is 0.255 e. The van der Waals surface area contributed by atoms with Gasteiger partial charge < -0.3 is 20.8 Å². The summed E-state index contributed by atoms with van der Waals surface area (Å²) < 4.78 is 4.86. The van der Waals surface area contributed by atoms with Crippen molar-refractivity contribution in [1.29, 1.82) is 0 Å². The van der Waals surface area contributed by atoms with Crippen LogP contribution < -0.4 is 16.4 Å². The van der Waals surface area contributed by atoms with Gasteiger partial charge in [0.25, 0.3) is 5.91 Å². The topological polar surface area (TPSA) is 97.4 Å². The lowest BCUT2D eigenvalue weighted by Gasteiger charge is -2.31. The third kappa shape index (κ3) is 5.55. The highest BCUT2D eigenvalue weighted by molar-refractivity contribution is 5.97. The van der Waals surface area contributed by atoms with E-state index in [1.807, 2.05) is 0 Å². The van der Waals surface area contributed by atoms with E-state index in [9.17, 15) is 9.59 Å². The highest BCUT2D eigenvalue weighted by Crippen LogP contribution is 2.26. The Hall–Kier alpha value is -1.53. The minimum absolute atomic E-state index is 0. The highest BCUT2D eigenvalue weighted by Gasteiger charge is 2.26. The largest absolute Gasteiger partial charge is 0.472 e. The number of rotatable bonds is 6. The fourth-order valence-corrected chi connectivity index (χ4v) is 2.95. The number of halogens is 1. The summed E-state index contributed by atoms with van der Waals surface area (Å²) in [6.07, 6.45) is 8.65. The molecule has 2 atom stereocenters. The average molecular weight is 344 g/mol. The summed E-state index contributed by atoms with van der Waals surface area (Å²) in [4.78, 5) is 24.2. The zero-order valence-electron chi connectivity index (χ0n) is 13.4. The molecular formula is C16H26ClN3O3. The summed E-state index contributed by atoms with van der Waals surface area (Å²) in [5, 5.41) is 5.65. The molecule has 0 bridgehead atoms. The predicted octanol–water partition coefficient (Wildman–Crippen LogP) is 1.84. The Kier molecular flexibility index (Phi) is 8.12. The summed E-state index contributed by atoms with van der Waals surface area (Å²) in [5.41, 5.74) is 6.22. The molecule has 6 nitrogen and oxygen atoms in total. The molecule has 1 aliphatic rings. The van der Waals surface area contributed by atoms with Crippen LogP contribution in [0, 0.1) is 5.92 Å². The van der Waals surface area contributed by atoms with E-state index in [-0.39, 0.29) is 30.3 Å². The van der Waals surface area contributed by atoms with Crippen molar-refractivity contribution in [2.75, 3.05) is 6.54 Å². The van der Waals surface area contributed by atoms with Gasteiger partial charge in [-0.15, -0.1) is 12.4 Å². The molecule has 0 spiro atoms. The zero-order valence-corrected chi connectivity index (χ0v) is 14.2. The quantitative estimate of drug-likeness (QED) is 0.734. The lowest BCUT2D eigenvalue weighted by atomic mass is 9.84. The summed E-state index contributed by atoms with van der Waals surface area (Å²) >= 11 is 0. The summed E-state index contributed by atoms with van der Waals surface area (Å²) in [6, 6.07) is 0.936. The molecule has 23 heavy (non-hydrogen) atoms. The number of hydrogen-bond acceptors (Lipinski definition) is 4. The van der Waals surface area contributed by atoms with E-state index in [0.717, 1.165) is 12.8 Å². The Balaban J connectivity index is 0.00000264. The van der Waals surface area contributed by atoms with Crippen molar-refractivity contribution >= 4 is 24.2 Å². The summed E-state index contributed by atoms with van der Waals surface area (Å²) in [7, 11) is 0. The number of nitrogens with two attached hydrogens (primary N) is 1. The lowest BCUT2D eigenvalue weighted by molar-refractivity contribution is -0.123. The van der Waals surface area contributed by atoms with Crippen molar-refractivity contribution in [3.63, 3.8) is 0 Å². The van der Waals surface area contributed by atoms with Gasteiger partial charge in [-0.05, 0) is 31.7 Å². The second-order valence-corrected chi connectivity index (χ2v) is 5.96. The zero-order chi connectivity index (χ0) is 15.9. The van der Waals surface area contributed by atoms with Crippen molar-refractivity contribution in [2.45, 2.75) is 51.1 Å². The number of carbonyl (C=O) groups is 2. The van der Waals surface area contributed by atoms with Crippen LogP contribution in [0.25, 0.3) is 0 Å². The number of nitrogens with one attached hydrogen (secondary N) is 2. The van der Waals surface area contributed by atoms with Crippen molar-refractivity contribution in [1.82, 2.24) is 10.6 Å². The van der Waals surface area contributed by atoms with E-state index in [4.69, 9.17) is 10.2 Å². The van der Waals surface area contributed by atoms with E-state index < -0.39 is 6.04 Å². The highest BCUT2D eigenvalue weighted by atomic mass is 35.5. The molecule has 7 heteroatoms. The molecule has 130 valence electrons. The second kappa shape index (κ2) is 9.57. The molecule has 4 N–H and O–H groups in total. The van der Waals surface area contributed by atoms with Crippen LogP contribution in [-0.2, 0) is 4.79 Å². The normalized spacial score (nSPS) is 17.7. The lowest BCUT2D eigenvalue weighted by Crippen LogP contribution is -2.52. The van der Waals surface area contributed by atoms with E-state index in [0.29, 0.717) is 18.0 Å². The molecule has 1 aromatic heterocycles. The molecular weight excluding hydrogens is 318 g/mol. The molecule has 1 heterocycles. The number of amides is 2. The molecule has 0 saturated heterocycles. The van der Waals surface area contributed by atoms with Crippen molar-refractivity contribution < 1.29 is 14.0 Å². The van der Waals surface area contributed by atoms with Gasteiger partial charge in [-0.25, -0.2) is 0 Å². The number of carbonyl (C=O) groups excluding carboxylic acids is 2. The molecule has 2 rings (SSSR count). The first kappa shape index (κ1) is 19.5. The number of furan rings is 1. The number of hydrogen-bond donors (Lipinski definition) is 3. The van der Waals surface area contributed by atoms with E-state index >= 15 is 0 Å². The first-order valence-electron chi connectivity index (χ1n) is 7.95. The SMILES string of the molecule is CC(NC(=O)c1ccoc1)C(=O)NC(CN)C1CCCCC1.Cl. The van der Waals surface area contributed by atoms with Crippen molar-refractivity contribution in [3.8, 4) is 0 Å². The Morgan fingerprint density at radius 2 is 2.00 bits per heavy atom. The van der Waals surface area contributed by atoms with Crippen LogP contribution in [0.1, 0.15) is 49.4 Å². The molecule has 1 aliphatic carbocycles. The van der Waals surface area contributed by atoms with Gasteiger partial charge in [-0.2, -0.15) is 0 Å². The molecule has 1 saturated carbocycles. The van der Waals surface area contributed by atoms with E-state index in [1.54, 1.807) is 13.0 Å². The van der Waals surface area contributed by atoms with E-state index in [1.165, 1.54) is 31.8 Å². The minimum Gasteiger partial charge on any atom is -0.472 e. The maximum absolute atomic E-state index is 12.3. The van der Waals surface area contributed by atoms with Gasteiger partial charge in [-0.3, -0.25) is 9.59 Å². The van der Waals surface area contributed by atoms with Crippen LogP contribution in [0.15, 0.2) is 23.0 Å². The van der Waals surface area contributed by atoms with Crippen LogP contribution in [0.5, 0.6) is 0 Å². The van der Waals surface area contributed by atoms with Gasteiger partial charge in [-0.1, -0.05) is 19.3 Å². The minimum atomic E-state index is -0.611. The second-order valence-electron chi connectivity index (χ2n) is 5.96. The first-order chi connectivity index (χ1) is 10.6. The van der Waals surface area contributed by atoms with Gasteiger partial charge in [0.05, 0.1) is 11.8 Å². The Morgan fingerprint density at radius 3 is 2.57 bits per heavy atom. The molecule has 0 aliphatic heterocycles. The summed E-state index contributed by atoms with van der Waals surface area (Å²) in [6.45, 7) is 2.10. The molecule has 1 fully saturated rings. The van der Waals surface area contributed by atoms with Gasteiger partial charge in [0.1, 0.15) is 12.3 Å². The van der Waals surface area contributed by atoms with Crippen molar-refractivity contribution in [2.24, 2.45) is 11.7 Å². The average Bonchev–Trinajstić information content (AvgIpc) is 3.07. The Bertz CT molecular complexity index is 487. The fraction of sp³-hybridized carbons (Fsp3) is 0.625. The van der Waals surface area contributed by atoms with Crippen LogP contribution in [0.3, 0.4) is 0 Å². The van der Waals surface area contributed by atoms with Crippen LogP contribution in [-0.4, -0.2) is 30.4 Å². The van der Waals surface area contributed by atoms with Gasteiger partial charge in [0, 0.05) is 12.6 Å². The van der Waals surface area contributed by atoms with E-state index in [2.05, 4.69) is 10.6 Å². The molecule has 1 aromatic rings. The molecule has 2 unspecified atom stereocenters. The molecule has 0 radical (unpaired) electrons. The monoisotopic (exact) mass is 343 g/mol. The Morgan fingerprint density at radius 1 is 1.30 bits per heavy atom. The van der Waals surface area contributed by atoms with Crippen molar-refractivity contribution in [3.05, 3.63) is 24.2 Å². The van der Waals surface area contributed by atoms with Crippen LogP contribution in [0.4, 0.5) is 0 Å². The van der Waals surface area contributed by atoms with Gasteiger partial charge in [0.15, 0.2) is 0 Å². The van der Waals surface area contributed by atoms with Crippen LogP contribution >= 0.6 is 12.4 Å².